The van der Waals surface area contributed by atoms with E-state index in [2.05, 4.69) is 4.98 Å². The van der Waals surface area contributed by atoms with Crippen LogP contribution in [-0.4, -0.2) is 24.2 Å². The third-order valence-corrected chi connectivity index (χ3v) is 4.64. The molecule has 3 rings (SSSR count). The number of aromatic nitrogens is 1. The van der Waals surface area contributed by atoms with Crippen LogP contribution in [0.1, 0.15) is 29.9 Å². The van der Waals surface area contributed by atoms with Crippen molar-refractivity contribution in [1.29, 1.82) is 0 Å². The second-order valence-corrected chi connectivity index (χ2v) is 7.00. The van der Waals surface area contributed by atoms with Gasteiger partial charge in [-0.2, -0.15) is 0 Å². The van der Waals surface area contributed by atoms with Crippen LogP contribution in [0.25, 0.3) is 10.6 Å². The molecule has 0 N–H and O–H groups in total. The van der Waals surface area contributed by atoms with Crippen molar-refractivity contribution >= 4 is 17.3 Å². The minimum Gasteiger partial charge on any atom is -0.497 e. The topological polar surface area (TPSA) is 57.7 Å². The molecule has 0 radical (unpaired) electrons. The molecule has 0 fully saturated rings. The predicted octanol–water partition coefficient (Wildman–Crippen LogP) is 4.96. The average molecular weight is 383 g/mol. The van der Waals surface area contributed by atoms with Gasteiger partial charge >= 0.3 is 5.97 Å². The van der Waals surface area contributed by atoms with Crippen molar-refractivity contribution < 1.29 is 19.0 Å². The van der Waals surface area contributed by atoms with Gasteiger partial charge in [0, 0.05) is 10.9 Å². The van der Waals surface area contributed by atoms with Gasteiger partial charge in [-0.3, -0.25) is 0 Å². The van der Waals surface area contributed by atoms with E-state index in [0.29, 0.717) is 5.56 Å². The van der Waals surface area contributed by atoms with Gasteiger partial charge in [0.1, 0.15) is 23.1 Å². The zero-order valence-corrected chi connectivity index (χ0v) is 16.3. The zero-order valence-electron chi connectivity index (χ0n) is 15.5. The van der Waals surface area contributed by atoms with Gasteiger partial charge in [0.15, 0.2) is 0 Å². The van der Waals surface area contributed by atoms with Crippen LogP contribution in [0.15, 0.2) is 53.9 Å². The first-order chi connectivity index (χ1) is 13.0. The Bertz CT molecular complexity index is 885. The van der Waals surface area contributed by atoms with Gasteiger partial charge in [-0.1, -0.05) is 0 Å². The highest BCUT2D eigenvalue weighted by Crippen LogP contribution is 2.26. The molecule has 0 amide bonds. The highest BCUT2D eigenvalue weighted by Gasteiger charge is 2.11. The molecule has 27 heavy (non-hydrogen) atoms. The standard InChI is InChI=1S/C21H21NO4S/c1-14(2)26-19-10-6-16(7-11-19)21(23)25-12-17-13-27-20(22-17)15-4-8-18(24-3)9-5-15/h4-11,13-14H,12H2,1-3H3. The van der Waals surface area contributed by atoms with Crippen molar-refractivity contribution in [3.63, 3.8) is 0 Å². The number of carbonyl (C=O) groups is 1. The Morgan fingerprint density at radius 3 is 2.33 bits per heavy atom. The molecule has 0 aliphatic rings. The highest BCUT2D eigenvalue weighted by molar-refractivity contribution is 7.13. The molecule has 0 bridgehead atoms. The summed E-state index contributed by atoms with van der Waals surface area (Å²) >= 11 is 1.51. The largest absolute Gasteiger partial charge is 0.497 e. The van der Waals surface area contributed by atoms with Crippen molar-refractivity contribution in [3.8, 4) is 22.1 Å². The normalized spacial score (nSPS) is 10.7. The van der Waals surface area contributed by atoms with Crippen LogP contribution in [0, 0.1) is 0 Å². The van der Waals surface area contributed by atoms with E-state index in [4.69, 9.17) is 14.2 Å². The molecule has 5 nitrogen and oxygen atoms in total. The number of benzene rings is 2. The highest BCUT2D eigenvalue weighted by atomic mass is 32.1. The lowest BCUT2D eigenvalue weighted by atomic mass is 10.2. The van der Waals surface area contributed by atoms with Crippen LogP contribution in [-0.2, 0) is 11.3 Å². The monoisotopic (exact) mass is 383 g/mol. The molecule has 2 aromatic carbocycles. The minimum atomic E-state index is -0.384. The Morgan fingerprint density at radius 1 is 1.04 bits per heavy atom. The maximum absolute atomic E-state index is 12.2. The molecule has 1 heterocycles. The first-order valence-corrected chi connectivity index (χ1v) is 9.46. The number of nitrogens with zero attached hydrogens (tertiary/aromatic N) is 1. The summed E-state index contributed by atoms with van der Waals surface area (Å²) in [6.07, 6.45) is 0.0902. The number of methoxy groups -OCH3 is 1. The summed E-state index contributed by atoms with van der Waals surface area (Å²) in [4.78, 5) is 16.7. The van der Waals surface area contributed by atoms with Gasteiger partial charge in [-0.25, -0.2) is 9.78 Å². The Kier molecular flexibility index (Phi) is 6.08. The molecule has 3 aromatic rings. The van der Waals surface area contributed by atoms with Gasteiger partial charge in [0.05, 0.1) is 24.5 Å². The number of esters is 1. The lowest BCUT2D eigenvalue weighted by Crippen LogP contribution is -2.07. The molecule has 0 saturated carbocycles. The van der Waals surface area contributed by atoms with Crippen LogP contribution < -0.4 is 9.47 Å². The van der Waals surface area contributed by atoms with Crippen LogP contribution in [0.2, 0.25) is 0 Å². The molecule has 0 atom stereocenters. The van der Waals surface area contributed by atoms with Crippen molar-refractivity contribution in [2.24, 2.45) is 0 Å². The number of hydrogen-bond donors (Lipinski definition) is 0. The molecular weight excluding hydrogens is 362 g/mol. The summed E-state index contributed by atoms with van der Waals surface area (Å²) in [7, 11) is 1.63. The molecule has 0 unspecified atom stereocenters. The first-order valence-electron chi connectivity index (χ1n) is 8.58. The van der Waals surface area contributed by atoms with Crippen LogP contribution in [0.3, 0.4) is 0 Å². The Balaban J connectivity index is 1.58. The number of ether oxygens (including phenoxy) is 3. The SMILES string of the molecule is COc1ccc(-c2nc(COC(=O)c3ccc(OC(C)C)cc3)cs2)cc1. The van der Waals surface area contributed by atoms with E-state index in [-0.39, 0.29) is 18.7 Å². The Hall–Kier alpha value is -2.86. The molecule has 0 aliphatic carbocycles. The molecule has 6 heteroatoms. The zero-order chi connectivity index (χ0) is 19.2. The Morgan fingerprint density at radius 2 is 1.70 bits per heavy atom. The lowest BCUT2D eigenvalue weighted by molar-refractivity contribution is 0.0468. The lowest BCUT2D eigenvalue weighted by Gasteiger charge is -2.09. The van der Waals surface area contributed by atoms with Crippen molar-refractivity contribution in [2.45, 2.75) is 26.6 Å². The summed E-state index contributed by atoms with van der Waals surface area (Å²) in [5, 5.41) is 2.77. The quantitative estimate of drug-likeness (QED) is 0.540. The third kappa shape index (κ3) is 5.08. The molecule has 0 spiro atoms. The van der Waals surface area contributed by atoms with E-state index in [1.165, 1.54) is 11.3 Å². The van der Waals surface area contributed by atoms with Crippen LogP contribution in [0.4, 0.5) is 0 Å². The summed E-state index contributed by atoms with van der Waals surface area (Å²) in [5.41, 5.74) is 2.20. The maximum atomic E-state index is 12.2. The maximum Gasteiger partial charge on any atom is 0.338 e. The van der Waals surface area contributed by atoms with Gasteiger partial charge in [0.2, 0.25) is 0 Å². The molecule has 0 saturated heterocycles. The minimum absolute atomic E-state index is 0.0902. The predicted molar refractivity (Wildman–Crippen MR) is 105 cm³/mol. The van der Waals surface area contributed by atoms with Gasteiger partial charge in [0.25, 0.3) is 0 Å². The average Bonchev–Trinajstić information content (AvgIpc) is 3.15. The molecule has 140 valence electrons. The fraction of sp³-hybridized carbons (Fsp3) is 0.238. The van der Waals surface area contributed by atoms with Crippen molar-refractivity contribution in [2.75, 3.05) is 7.11 Å². The molecule has 1 aromatic heterocycles. The summed E-state index contributed by atoms with van der Waals surface area (Å²) in [6, 6.07) is 14.6. The summed E-state index contributed by atoms with van der Waals surface area (Å²) < 4.78 is 16.1. The van der Waals surface area contributed by atoms with Gasteiger partial charge in [-0.05, 0) is 62.4 Å². The van der Waals surface area contributed by atoms with E-state index in [1.54, 1.807) is 31.4 Å². The second-order valence-electron chi connectivity index (χ2n) is 6.14. The number of thiazole rings is 1. The number of hydrogen-bond acceptors (Lipinski definition) is 6. The molecular formula is C21H21NO4S. The van der Waals surface area contributed by atoms with Gasteiger partial charge in [-0.15, -0.1) is 11.3 Å². The van der Waals surface area contributed by atoms with E-state index < -0.39 is 0 Å². The van der Waals surface area contributed by atoms with E-state index in [1.807, 2.05) is 43.5 Å². The smallest absolute Gasteiger partial charge is 0.338 e. The van der Waals surface area contributed by atoms with Gasteiger partial charge < -0.3 is 14.2 Å². The fourth-order valence-electron chi connectivity index (χ4n) is 2.40. The number of rotatable bonds is 7. The van der Waals surface area contributed by atoms with Crippen LogP contribution >= 0.6 is 11.3 Å². The summed E-state index contributed by atoms with van der Waals surface area (Å²) in [6.45, 7) is 4.04. The van der Waals surface area contributed by atoms with Crippen molar-refractivity contribution in [1.82, 2.24) is 4.98 Å². The number of carbonyl (C=O) groups excluding carboxylic acids is 1. The second kappa shape index (κ2) is 8.68. The van der Waals surface area contributed by atoms with Crippen LogP contribution in [0.5, 0.6) is 11.5 Å². The van der Waals surface area contributed by atoms with E-state index >= 15 is 0 Å². The fourth-order valence-corrected chi connectivity index (χ4v) is 3.21. The van der Waals surface area contributed by atoms with E-state index in [0.717, 1.165) is 27.8 Å². The summed E-state index contributed by atoms with van der Waals surface area (Å²) in [5.74, 6) is 1.14. The Labute approximate surface area is 162 Å². The third-order valence-electron chi connectivity index (χ3n) is 3.70. The molecule has 0 aliphatic heterocycles. The first kappa shape index (κ1) is 18.9. The van der Waals surface area contributed by atoms with Crippen molar-refractivity contribution in [3.05, 3.63) is 65.2 Å². The van der Waals surface area contributed by atoms with E-state index in [9.17, 15) is 4.79 Å².